The molecule has 1 aromatic carbocycles. The predicted molar refractivity (Wildman–Crippen MR) is 87.4 cm³/mol. The Hall–Kier alpha value is -3.29. The highest BCUT2D eigenvalue weighted by Crippen LogP contribution is 2.29. The number of nitrogens with one attached hydrogen (secondary N) is 1. The minimum atomic E-state index is -1.35. The fraction of sp³-hybridized carbons (Fsp3) is 0.176. The number of fused-ring (bicyclic) bond motifs is 1. The van der Waals surface area contributed by atoms with Crippen LogP contribution in [0.3, 0.4) is 0 Å². The van der Waals surface area contributed by atoms with E-state index in [-0.39, 0.29) is 0 Å². The average Bonchev–Trinajstić information content (AvgIpc) is 3.31. The van der Waals surface area contributed by atoms with Crippen molar-refractivity contribution in [2.75, 3.05) is 5.32 Å². The third-order valence-corrected chi connectivity index (χ3v) is 4.05. The highest BCUT2D eigenvalue weighted by atomic mass is 19.1. The van der Waals surface area contributed by atoms with Gasteiger partial charge >= 0.3 is 5.97 Å². The second kappa shape index (κ2) is 5.66. The molecule has 1 aliphatic rings. The molecule has 2 aromatic heterocycles. The Morgan fingerprint density at radius 1 is 1.36 bits per heavy atom. The summed E-state index contributed by atoms with van der Waals surface area (Å²) in [6, 6.07) is 5.83. The molecule has 1 saturated carbocycles. The number of hydrogen-bond acceptors (Lipinski definition) is 5. The number of carbonyl (C=O) groups excluding carboxylic acids is 1. The molecule has 0 atom stereocenters. The van der Waals surface area contributed by atoms with Crippen LogP contribution < -0.4 is 5.32 Å². The van der Waals surface area contributed by atoms with Gasteiger partial charge in [0.05, 0.1) is 23.0 Å². The Bertz CT molecular complexity index is 1010. The molecule has 2 heterocycles. The maximum Gasteiger partial charge on any atom is 0.338 e. The van der Waals surface area contributed by atoms with Crippen molar-refractivity contribution in [3.8, 4) is 11.3 Å². The average molecular weight is 340 g/mol. The first kappa shape index (κ1) is 15.3. The van der Waals surface area contributed by atoms with Crippen LogP contribution in [0.25, 0.3) is 16.9 Å². The van der Waals surface area contributed by atoms with Crippen molar-refractivity contribution >= 4 is 23.7 Å². The van der Waals surface area contributed by atoms with E-state index in [2.05, 4.69) is 15.4 Å². The third-order valence-electron chi connectivity index (χ3n) is 4.05. The van der Waals surface area contributed by atoms with Crippen LogP contribution in [0.1, 0.15) is 33.6 Å². The zero-order valence-corrected chi connectivity index (χ0v) is 12.9. The molecule has 0 aliphatic heterocycles. The molecule has 0 unspecified atom stereocenters. The lowest BCUT2D eigenvalue weighted by atomic mass is 10.1. The molecule has 1 aliphatic carbocycles. The Balaban J connectivity index is 1.90. The number of aromatic nitrogens is 3. The summed E-state index contributed by atoms with van der Waals surface area (Å²) in [5, 5.41) is 16.6. The van der Waals surface area contributed by atoms with Crippen LogP contribution in [0, 0.1) is 5.82 Å². The van der Waals surface area contributed by atoms with Crippen molar-refractivity contribution in [1.29, 1.82) is 0 Å². The van der Waals surface area contributed by atoms with Gasteiger partial charge < -0.3 is 10.4 Å². The summed E-state index contributed by atoms with van der Waals surface area (Å²) in [5.41, 5.74) is 1.12. The van der Waals surface area contributed by atoms with E-state index in [0.29, 0.717) is 40.6 Å². The van der Waals surface area contributed by atoms with Crippen LogP contribution in [-0.4, -0.2) is 38.0 Å². The lowest BCUT2D eigenvalue weighted by Crippen LogP contribution is -2.08. The largest absolute Gasteiger partial charge is 0.478 e. The van der Waals surface area contributed by atoms with Gasteiger partial charge in [-0.05, 0) is 31.0 Å². The zero-order chi connectivity index (χ0) is 17.6. The molecule has 8 heteroatoms. The van der Waals surface area contributed by atoms with E-state index in [9.17, 15) is 14.0 Å². The van der Waals surface area contributed by atoms with Crippen molar-refractivity contribution in [2.24, 2.45) is 0 Å². The van der Waals surface area contributed by atoms with E-state index < -0.39 is 17.3 Å². The van der Waals surface area contributed by atoms with Gasteiger partial charge in [0.1, 0.15) is 11.6 Å². The fourth-order valence-corrected chi connectivity index (χ4v) is 2.60. The van der Waals surface area contributed by atoms with Crippen molar-refractivity contribution in [3.63, 3.8) is 0 Å². The first-order chi connectivity index (χ1) is 12.1. The molecule has 1 fully saturated rings. The quantitative estimate of drug-likeness (QED) is 0.693. The van der Waals surface area contributed by atoms with E-state index in [1.807, 2.05) is 0 Å². The number of rotatable bonds is 5. The molecule has 0 radical (unpaired) electrons. The minimum Gasteiger partial charge on any atom is -0.478 e. The molecule has 2 N–H and O–H groups in total. The molecular weight excluding hydrogens is 327 g/mol. The van der Waals surface area contributed by atoms with Gasteiger partial charge in [-0.1, -0.05) is 0 Å². The molecule has 7 nitrogen and oxygen atoms in total. The third kappa shape index (κ3) is 2.71. The number of aromatic carboxylic acids is 1. The number of aldehydes is 1. The number of carboxylic acids is 1. The van der Waals surface area contributed by atoms with Crippen molar-refractivity contribution in [3.05, 3.63) is 47.4 Å². The van der Waals surface area contributed by atoms with E-state index >= 15 is 0 Å². The normalized spacial score (nSPS) is 13.8. The molecule has 25 heavy (non-hydrogen) atoms. The standard InChI is InChI=1S/C17H13FN4O3/c18-13-4-1-9(5-12(13)17(24)25)14-6-15(20-11-2-3-11)22-16(21-14)10(8-23)7-19-22/h1,4-8,11,20H,2-3H2,(H,24,25). The lowest BCUT2D eigenvalue weighted by Gasteiger charge is -2.10. The van der Waals surface area contributed by atoms with Crippen LogP contribution in [0.5, 0.6) is 0 Å². The van der Waals surface area contributed by atoms with Crippen molar-refractivity contribution in [2.45, 2.75) is 18.9 Å². The molecule has 3 aromatic rings. The number of nitrogens with zero attached hydrogens (tertiary/aromatic N) is 3. The maximum atomic E-state index is 13.6. The summed E-state index contributed by atoms with van der Waals surface area (Å²) in [4.78, 5) is 26.8. The smallest absolute Gasteiger partial charge is 0.338 e. The summed E-state index contributed by atoms with van der Waals surface area (Å²) in [6.07, 6.45) is 4.17. The monoisotopic (exact) mass is 340 g/mol. The van der Waals surface area contributed by atoms with E-state index in [1.165, 1.54) is 22.8 Å². The van der Waals surface area contributed by atoms with Crippen LogP contribution in [0.15, 0.2) is 30.5 Å². The molecule has 0 bridgehead atoms. The molecule has 126 valence electrons. The van der Waals surface area contributed by atoms with E-state index in [4.69, 9.17) is 5.11 Å². The summed E-state index contributed by atoms with van der Waals surface area (Å²) < 4.78 is 15.2. The van der Waals surface area contributed by atoms with Gasteiger partial charge in [0.2, 0.25) is 0 Å². The number of anilines is 1. The Morgan fingerprint density at radius 2 is 2.16 bits per heavy atom. The first-order valence-electron chi connectivity index (χ1n) is 7.70. The number of carbonyl (C=O) groups is 2. The second-order valence-electron chi connectivity index (χ2n) is 5.90. The number of carboxylic acid groups (broad SMARTS) is 1. The first-order valence-corrected chi connectivity index (χ1v) is 7.70. The molecule has 0 spiro atoms. The number of halogens is 1. The van der Waals surface area contributed by atoms with Gasteiger partial charge in [0, 0.05) is 17.7 Å². The highest BCUT2D eigenvalue weighted by Gasteiger charge is 2.23. The highest BCUT2D eigenvalue weighted by molar-refractivity contribution is 5.90. The molecule has 4 rings (SSSR count). The summed E-state index contributed by atoms with van der Waals surface area (Å²) in [7, 11) is 0. The van der Waals surface area contributed by atoms with Gasteiger partial charge in [-0.15, -0.1) is 0 Å². The minimum absolute atomic E-state index is 0.321. The van der Waals surface area contributed by atoms with Crippen molar-refractivity contribution in [1.82, 2.24) is 14.6 Å². The Labute approximate surface area is 141 Å². The molecule has 0 saturated heterocycles. The number of hydrogen-bond donors (Lipinski definition) is 2. The van der Waals surface area contributed by atoms with Crippen LogP contribution >= 0.6 is 0 Å². The molecular formula is C17H13FN4O3. The van der Waals surface area contributed by atoms with Gasteiger partial charge in [0.15, 0.2) is 11.9 Å². The topological polar surface area (TPSA) is 96.6 Å². The fourth-order valence-electron chi connectivity index (χ4n) is 2.60. The van der Waals surface area contributed by atoms with Crippen LogP contribution in [-0.2, 0) is 0 Å². The zero-order valence-electron chi connectivity index (χ0n) is 12.9. The summed E-state index contributed by atoms with van der Waals surface area (Å²) >= 11 is 0. The summed E-state index contributed by atoms with van der Waals surface area (Å²) in [6.45, 7) is 0. The van der Waals surface area contributed by atoms with Gasteiger partial charge in [-0.3, -0.25) is 4.79 Å². The van der Waals surface area contributed by atoms with Gasteiger partial charge in [0.25, 0.3) is 0 Å². The summed E-state index contributed by atoms with van der Waals surface area (Å²) in [5.74, 6) is -1.52. The Morgan fingerprint density at radius 3 is 2.84 bits per heavy atom. The maximum absolute atomic E-state index is 13.6. The van der Waals surface area contributed by atoms with Gasteiger partial charge in [-0.2, -0.15) is 9.61 Å². The van der Waals surface area contributed by atoms with E-state index in [1.54, 1.807) is 6.07 Å². The molecule has 0 amide bonds. The Kier molecular flexibility index (Phi) is 3.45. The van der Waals surface area contributed by atoms with Gasteiger partial charge in [-0.25, -0.2) is 14.2 Å². The second-order valence-corrected chi connectivity index (χ2v) is 5.90. The number of benzene rings is 1. The van der Waals surface area contributed by atoms with Crippen LogP contribution in [0.2, 0.25) is 0 Å². The van der Waals surface area contributed by atoms with Crippen LogP contribution in [0.4, 0.5) is 10.2 Å². The SMILES string of the molecule is O=Cc1cnn2c(NC3CC3)cc(-c3ccc(F)c(C(=O)O)c3)nc12. The predicted octanol–water partition coefficient (Wildman–Crippen LogP) is 2.62. The lowest BCUT2D eigenvalue weighted by molar-refractivity contribution is 0.0691. The van der Waals surface area contributed by atoms with Crippen molar-refractivity contribution < 1.29 is 19.1 Å². The van der Waals surface area contributed by atoms with E-state index in [0.717, 1.165) is 18.9 Å².